The Morgan fingerprint density at radius 3 is 2.53 bits per heavy atom. The van der Waals surface area contributed by atoms with Crippen molar-refractivity contribution in [1.82, 2.24) is 5.32 Å². The lowest BCUT2D eigenvalue weighted by atomic mass is 10.1. The van der Waals surface area contributed by atoms with E-state index in [1.165, 1.54) is 10.4 Å². The summed E-state index contributed by atoms with van der Waals surface area (Å²) >= 11 is 14.5. The van der Waals surface area contributed by atoms with Gasteiger partial charge in [0.1, 0.15) is 0 Å². The van der Waals surface area contributed by atoms with E-state index in [-0.39, 0.29) is 0 Å². The van der Waals surface area contributed by atoms with Crippen molar-refractivity contribution in [2.75, 3.05) is 6.54 Å². The lowest BCUT2D eigenvalue weighted by Gasteiger charge is -2.05. The van der Waals surface area contributed by atoms with Crippen LogP contribution < -0.4 is 5.32 Å². The van der Waals surface area contributed by atoms with Gasteiger partial charge >= 0.3 is 0 Å². The van der Waals surface area contributed by atoms with Gasteiger partial charge in [-0.05, 0) is 37.1 Å². The monoisotopic (exact) mass is 315 g/mol. The number of halogens is 2. The van der Waals surface area contributed by atoms with Crippen LogP contribution in [0.3, 0.4) is 0 Å². The molecule has 1 nitrogen and oxygen atoms in total. The van der Waals surface area contributed by atoms with Crippen molar-refractivity contribution < 1.29 is 0 Å². The molecule has 0 aliphatic carbocycles. The Hall–Kier alpha value is -0.280. The molecule has 0 bridgehead atoms. The van der Waals surface area contributed by atoms with Crippen LogP contribution in [-0.4, -0.2) is 6.54 Å². The molecule has 104 valence electrons. The predicted octanol–water partition coefficient (Wildman–Crippen LogP) is 5.66. The van der Waals surface area contributed by atoms with Gasteiger partial charge in [-0.1, -0.05) is 43.5 Å². The van der Waals surface area contributed by atoms with Crippen molar-refractivity contribution in [3.8, 4) is 0 Å². The molecule has 0 aliphatic rings. The fourth-order valence-corrected chi connectivity index (χ4v) is 4.12. The fraction of sp³-hybridized carbons (Fsp3) is 0.467. The molecule has 2 aromatic rings. The van der Waals surface area contributed by atoms with Gasteiger partial charge in [0.25, 0.3) is 0 Å². The molecule has 0 unspecified atom stereocenters. The molecule has 0 radical (unpaired) electrons. The summed E-state index contributed by atoms with van der Waals surface area (Å²) in [5, 5.41) is 6.26. The average Bonchev–Trinajstić information content (AvgIpc) is 2.75. The van der Waals surface area contributed by atoms with Gasteiger partial charge in [-0.2, -0.15) is 0 Å². The number of hydrogen-bond acceptors (Lipinski definition) is 2. The third-order valence-corrected chi connectivity index (χ3v) is 5.14. The van der Waals surface area contributed by atoms with Gasteiger partial charge < -0.3 is 5.32 Å². The maximum absolute atomic E-state index is 6.37. The summed E-state index contributed by atoms with van der Waals surface area (Å²) in [6.45, 7) is 6.33. The van der Waals surface area contributed by atoms with E-state index in [2.05, 4.69) is 19.2 Å². The number of rotatable bonds is 6. The zero-order valence-corrected chi connectivity index (χ0v) is 13.7. The van der Waals surface area contributed by atoms with Crippen LogP contribution in [0.5, 0.6) is 0 Å². The molecular formula is C15H19Cl2NS. The number of aryl methyl sites for hydroxylation is 1. The molecule has 0 amide bonds. The first-order chi connectivity index (χ1) is 9.19. The summed E-state index contributed by atoms with van der Waals surface area (Å²) in [4.78, 5) is 1.38. The second kappa shape index (κ2) is 6.94. The Morgan fingerprint density at radius 2 is 1.84 bits per heavy atom. The maximum atomic E-state index is 6.37. The van der Waals surface area contributed by atoms with Crippen LogP contribution in [-0.2, 0) is 13.0 Å². The Labute approximate surface area is 128 Å². The normalized spacial score (nSPS) is 11.4. The Bertz CT molecular complexity index is 563. The summed E-state index contributed by atoms with van der Waals surface area (Å²) in [5.74, 6) is 0. The highest BCUT2D eigenvalue weighted by atomic mass is 35.5. The van der Waals surface area contributed by atoms with Gasteiger partial charge in [-0.25, -0.2) is 0 Å². The van der Waals surface area contributed by atoms with Crippen LogP contribution in [0.2, 0.25) is 10.0 Å². The second-order valence-corrected chi connectivity index (χ2v) is 6.58. The molecular weight excluding hydrogens is 297 g/mol. The second-order valence-electron chi connectivity index (χ2n) is 4.66. The van der Waals surface area contributed by atoms with Crippen LogP contribution in [0.1, 0.15) is 37.1 Å². The molecule has 19 heavy (non-hydrogen) atoms. The minimum absolute atomic E-state index is 0.809. The Morgan fingerprint density at radius 1 is 1.11 bits per heavy atom. The minimum Gasteiger partial charge on any atom is -0.312 e. The Balaban J connectivity index is 2.47. The zero-order valence-electron chi connectivity index (χ0n) is 11.4. The fourth-order valence-electron chi connectivity index (χ4n) is 2.27. The van der Waals surface area contributed by atoms with Gasteiger partial charge in [0.15, 0.2) is 0 Å². The number of hydrogen-bond donors (Lipinski definition) is 1. The minimum atomic E-state index is 0.809. The molecule has 1 heterocycles. The number of nitrogens with one attached hydrogen (secondary N) is 1. The van der Waals surface area contributed by atoms with E-state index in [1.54, 1.807) is 11.3 Å². The third-order valence-electron chi connectivity index (χ3n) is 3.13. The van der Waals surface area contributed by atoms with Gasteiger partial charge in [0.2, 0.25) is 0 Å². The van der Waals surface area contributed by atoms with E-state index in [0.717, 1.165) is 52.5 Å². The topological polar surface area (TPSA) is 12.0 Å². The van der Waals surface area contributed by atoms with Crippen LogP contribution in [0.15, 0.2) is 12.1 Å². The van der Waals surface area contributed by atoms with E-state index < -0.39 is 0 Å². The lowest BCUT2D eigenvalue weighted by molar-refractivity contribution is 0.677. The van der Waals surface area contributed by atoms with Crippen LogP contribution >= 0.6 is 34.5 Å². The van der Waals surface area contributed by atoms with Gasteiger partial charge in [-0.15, -0.1) is 11.3 Å². The van der Waals surface area contributed by atoms with Crippen molar-refractivity contribution in [1.29, 1.82) is 0 Å². The van der Waals surface area contributed by atoms with E-state index in [0.29, 0.717) is 0 Å². The highest BCUT2D eigenvalue weighted by Gasteiger charge is 2.16. The Kier molecular flexibility index (Phi) is 5.52. The molecule has 2 rings (SSSR count). The van der Waals surface area contributed by atoms with Crippen LogP contribution in [0.25, 0.3) is 10.1 Å². The molecule has 0 aliphatic heterocycles. The molecule has 1 aromatic carbocycles. The van der Waals surface area contributed by atoms with Crippen molar-refractivity contribution in [3.05, 3.63) is 32.6 Å². The largest absolute Gasteiger partial charge is 0.312 e. The number of benzene rings is 1. The zero-order chi connectivity index (χ0) is 13.8. The van der Waals surface area contributed by atoms with Gasteiger partial charge in [-0.3, -0.25) is 0 Å². The molecule has 0 saturated heterocycles. The maximum Gasteiger partial charge on any atom is 0.0585 e. The first kappa shape index (κ1) is 15.1. The van der Waals surface area contributed by atoms with Gasteiger partial charge in [0, 0.05) is 21.8 Å². The highest BCUT2D eigenvalue weighted by Crippen LogP contribution is 2.40. The summed E-state index contributed by atoms with van der Waals surface area (Å²) in [6.07, 6.45) is 3.33. The summed E-state index contributed by atoms with van der Waals surface area (Å²) in [7, 11) is 0. The first-order valence-electron chi connectivity index (χ1n) is 6.78. The summed E-state index contributed by atoms with van der Waals surface area (Å²) in [5.41, 5.74) is 1.37. The number of fused-ring (bicyclic) bond motifs is 1. The molecule has 0 saturated carbocycles. The lowest BCUT2D eigenvalue weighted by Crippen LogP contribution is -2.13. The average molecular weight is 316 g/mol. The van der Waals surface area contributed by atoms with Crippen molar-refractivity contribution >= 4 is 44.6 Å². The molecule has 0 spiro atoms. The smallest absolute Gasteiger partial charge is 0.0585 e. The van der Waals surface area contributed by atoms with E-state index >= 15 is 0 Å². The molecule has 4 heteroatoms. The summed E-state index contributed by atoms with van der Waals surface area (Å²) in [6, 6.07) is 3.79. The predicted molar refractivity (Wildman–Crippen MR) is 87.8 cm³/mol. The number of thiophene rings is 1. The van der Waals surface area contributed by atoms with Gasteiger partial charge in [0.05, 0.1) is 9.72 Å². The SMILES string of the molecule is CCCNCc1sc2c(Cl)ccc(Cl)c2c1CCC. The highest BCUT2D eigenvalue weighted by molar-refractivity contribution is 7.20. The summed E-state index contributed by atoms with van der Waals surface area (Å²) < 4.78 is 1.13. The van der Waals surface area contributed by atoms with Crippen LogP contribution in [0.4, 0.5) is 0 Å². The van der Waals surface area contributed by atoms with Crippen molar-refractivity contribution in [2.45, 2.75) is 39.7 Å². The van der Waals surface area contributed by atoms with E-state index in [9.17, 15) is 0 Å². The standard InChI is InChI=1S/C15H19Cl2NS/c1-3-5-10-13(9-18-8-4-2)19-15-12(17)7-6-11(16)14(10)15/h6-7,18H,3-5,8-9H2,1-2H3. The molecule has 0 fully saturated rings. The third kappa shape index (κ3) is 3.25. The van der Waals surface area contributed by atoms with Crippen molar-refractivity contribution in [3.63, 3.8) is 0 Å². The molecule has 1 N–H and O–H groups in total. The first-order valence-corrected chi connectivity index (χ1v) is 8.35. The molecule has 0 atom stereocenters. The van der Waals surface area contributed by atoms with Crippen molar-refractivity contribution in [2.24, 2.45) is 0 Å². The molecule has 1 aromatic heterocycles. The van der Waals surface area contributed by atoms with E-state index in [1.807, 2.05) is 12.1 Å². The van der Waals surface area contributed by atoms with E-state index in [4.69, 9.17) is 23.2 Å². The van der Waals surface area contributed by atoms with Crippen LogP contribution in [0, 0.1) is 0 Å². The quantitative estimate of drug-likeness (QED) is 0.678.